The van der Waals surface area contributed by atoms with Crippen molar-refractivity contribution in [2.45, 2.75) is 24.6 Å². The fraction of sp³-hybridized carbons (Fsp3) is 0.462. The van der Waals surface area contributed by atoms with Crippen molar-refractivity contribution in [1.29, 1.82) is 0 Å². The van der Waals surface area contributed by atoms with E-state index in [1.165, 1.54) is 12.1 Å². The first kappa shape index (κ1) is 16.1. The highest BCUT2D eigenvalue weighted by molar-refractivity contribution is 9.10. The number of alkyl halides is 3. The monoisotopic (exact) mass is 367 g/mol. The molecule has 21 heavy (non-hydrogen) atoms. The van der Waals surface area contributed by atoms with Crippen molar-refractivity contribution in [3.8, 4) is 0 Å². The summed E-state index contributed by atoms with van der Waals surface area (Å²) in [5.41, 5.74) is -2.59. The average molecular weight is 368 g/mol. The number of halogens is 4. The maximum atomic E-state index is 13.0. The summed E-state index contributed by atoms with van der Waals surface area (Å²) in [4.78, 5) is 11.5. The van der Waals surface area contributed by atoms with Crippen LogP contribution in [0.5, 0.6) is 0 Å². The highest BCUT2D eigenvalue weighted by Crippen LogP contribution is 2.38. The lowest BCUT2D eigenvalue weighted by Gasteiger charge is -2.35. The standard InChI is InChI=1S/C13H13BrF3NO3/c14-8-1-2-9(13(15,16)17)10(7-8)18-12(11(19)20)3-5-21-6-4-12/h1-2,7,18H,3-6H2,(H,19,20). The zero-order valence-corrected chi connectivity index (χ0v) is 12.4. The molecule has 1 aliphatic heterocycles. The lowest BCUT2D eigenvalue weighted by Crippen LogP contribution is -2.50. The van der Waals surface area contributed by atoms with Crippen LogP contribution in [0.2, 0.25) is 0 Å². The van der Waals surface area contributed by atoms with Crippen molar-refractivity contribution < 1.29 is 27.8 Å². The number of carboxylic acids is 1. The Morgan fingerprint density at radius 2 is 1.95 bits per heavy atom. The van der Waals surface area contributed by atoms with Crippen LogP contribution in [0, 0.1) is 0 Å². The summed E-state index contributed by atoms with van der Waals surface area (Å²) in [6.07, 6.45) is -4.35. The van der Waals surface area contributed by atoms with Crippen molar-refractivity contribution in [2.75, 3.05) is 18.5 Å². The van der Waals surface area contributed by atoms with E-state index in [-0.39, 0.29) is 31.7 Å². The minimum Gasteiger partial charge on any atom is -0.480 e. The molecule has 0 amide bonds. The molecule has 0 unspecified atom stereocenters. The van der Waals surface area contributed by atoms with Gasteiger partial charge in [0, 0.05) is 36.2 Å². The first-order valence-electron chi connectivity index (χ1n) is 6.21. The zero-order chi connectivity index (χ0) is 15.7. The predicted octanol–water partition coefficient (Wildman–Crippen LogP) is 3.51. The van der Waals surface area contributed by atoms with E-state index in [0.717, 1.165) is 6.07 Å². The number of hydrogen-bond acceptors (Lipinski definition) is 3. The third-order valence-electron chi connectivity index (χ3n) is 3.42. The van der Waals surface area contributed by atoms with E-state index < -0.39 is 23.2 Å². The smallest absolute Gasteiger partial charge is 0.418 e. The van der Waals surface area contributed by atoms with Crippen LogP contribution in [0.4, 0.5) is 18.9 Å². The zero-order valence-electron chi connectivity index (χ0n) is 10.8. The summed E-state index contributed by atoms with van der Waals surface area (Å²) in [6, 6.07) is 3.43. The molecular weight excluding hydrogens is 355 g/mol. The van der Waals surface area contributed by atoms with Gasteiger partial charge in [0.1, 0.15) is 5.54 Å². The Morgan fingerprint density at radius 3 is 2.48 bits per heavy atom. The second-order valence-electron chi connectivity index (χ2n) is 4.81. The van der Waals surface area contributed by atoms with Gasteiger partial charge in [0.05, 0.1) is 5.56 Å². The third-order valence-corrected chi connectivity index (χ3v) is 3.91. The second-order valence-corrected chi connectivity index (χ2v) is 5.73. The van der Waals surface area contributed by atoms with E-state index in [1.807, 2.05) is 0 Å². The summed E-state index contributed by atoms with van der Waals surface area (Å²) in [5.74, 6) is -1.18. The van der Waals surface area contributed by atoms with Crippen LogP contribution in [0.15, 0.2) is 22.7 Å². The highest BCUT2D eigenvalue weighted by Gasteiger charge is 2.42. The van der Waals surface area contributed by atoms with Crippen molar-refractivity contribution >= 4 is 27.6 Å². The minimum atomic E-state index is -4.56. The number of hydrogen-bond donors (Lipinski definition) is 2. The van der Waals surface area contributed by atoms with Crippen LogP contribution in [-0.2, 0) is 15.7 Å². The van der Waals surface area contributed by atoms with E-state index in [9.17, 15) is 23.1 Å². The first-order chi connectivity index (χ1) is 9.74. The minimum absolute atomic E-state index is 0.103. The number of carboxylic acid groups (broad SMARTS) is 1. The first-order valence-corrected chi connectivity index (χ1v) is 7.00. The predicted molar refractivity (Wildman–Crippen MR) is 73.2 cm³/mol. The normalized spacial score (nSPS) is 18.3. The molecule has 2 N–H and O–H groups in total. The Hall–Kier alpha value is -1.28. The van der Waals surface area contributed by atoms with Crippen molar-refractivity contribution in [3.05, 3.63) is 28.2 Å². The highest BCUT2D eigenvalue weighted by atomic mass is 79.9. The summed E-state index contributed by atoms with van der Waals surface area (Å²) in [5, 5.41) is 12.0. The second kappa shape index (κ2) is 5.84. The number of rotatable bonds is 3. The van der Waals surface area contributed by atoms with Gasteiger partial charge >= 0.3 is 12.1 Å². The number of benzene rings is 1. The number of carbonyl (C=O) groups is 1. The molecule has 1 aromatic rings. The van der Waals surface area contributed by atoms with Gasteiger partial charge in [-0.05, 0) is 18.2 Å². The number of ether oxygens (including phenoxy) is 1. The van der Waals surface area contributed by atoms with E-state index in [2.05, 4.69) is 21.2 Å². The van der Waals surface area contributed by atoms with Gasteiger partial charge in [-0.25, -0.2) is 4.79 Å². The Kier molecular flexibility index (Phi) is 4.48. The fourth-order valence-corrected chi connectivity index (χ4v) is 2.60. The van der Waals surface area contributed by atoms with Gasteiger partial charge in [0.25, 0.3) is 0 Å². The Labute approximate surface area is 127 Å². The van der Waals surface area contributed by atoms with Gasteiger partial charge in [-0.3, -0.25) is 0 Å². The topological polar surface area (TPSA) is 58.6 Å². The Morgan fingerprint density at radius 1 is 1.33 bits per heavy atom. The largest absolute Gasteiger partial charge is 0.480 e. The van der Waals surface area contributed by atoms with E-state index in [1.54, 1.807) is 0 Å². The van der Waals surface area contributed by atoms with Crippen LogP contribution < -0.4 is 5.32 Å². The van der Waals surface area contributed by atoms with Crippen LogP contribution in [-0.4, -0.2) is 29.8 Å². The van der Waals surface area contributed by atoms with Crippen LogP contribution in [0.3, 0.4) is 0 Å². The summed E-state index contributed by atoms with van der Waals surface area (Å²) < 4.78 is 44.6. The molecule has 1 heterocycles. The van der Waals surface area contributed by atoms with Gasteiger partial charge in [-0.1, -0.05) is 15.9 Å². The van der Waals surface area contributed by atoms with E-state index >= 15 is 0 Å². The van der Waals surface area contributed by atoms with Crippen LogP contribution in [0.25, 0.3) is 0 Å². The maximum Gasteiger partial charge on any atom is 0.418 e. The summed E-state index contributed by atoms with van der Waals surface area (Å²) in [7, 11) is 0. The molecule has 0 atom stereocenters. The summed E-state index contributed by atoms with van der Waals surface area (Å²) in [6.45, 7) is 0.378. The number of anilines is 1. The van der Waals surface area contributed by atoms with Gasteiger partial charge in [0.15, 0.2) is 0 Å². The van der Waals surface area contributed by atoms with Crippen LogP contribution in [0.1, 0.15) is 18.4 Å². The number of aliphatic carboxylic acids is 1. The van der Waals surface area contributed by atoms with Crippen molar-refractivity contribution in [1.82, 2.24) is 0 Å². The Balaban J connectivity index is 2.41. The fourth-order valence-electron chi connectivity index (χ4n) is 2.24. The average Bonchev–Trinajstić information content (AvgIpc) is 2.38. The molecule has 4 nitrogen and oxygen atoms in total. The molecule has 1 fully saturated rings. The van der Waals surface area contributed by atoms with E-state index in [0.29, 0.717) is 4.47 Å². The molecule has 0 spiro atoms. The van der Waals surface area contributed by atoms with Gasteiger partial charge < -0.3 is 15.2 Å². The number of nitrogens with one attached hydrogen (secondary N) is 1. The molecular formula is C13H13BrF3NO3. The summed E-state index contributed by atoms with van der Waals surface area (Å²) >= 11 is 3.10. The quantitative estimate of drug-likeness (QED) is 0.858. The molecule has 0 aliphatic carbocycles. The third kappa shape index (κ3) is 3.49. The van der Waals surface area contributed by atoms with Crippen molar-refractivity contribution in [3.63, 3.8) is 0 Å². The van der Waals surface area contributed by atoms with Crippen LogP contribution >= 0.6 is 15.9 Å². The molecule has 0 radical (unpaired) electrons. The molecule has 116 valence electrons. The van der Waals surface area contributed by atoms with Gasteiger partial charge in [-0.15, -0.1) is 0 Å². The molecule has 0 bridgehead atoms. The molecule has 1 aromatic carbocycles. The maximum absolute atomic E-state index is 13.0. The molecule has 1 saturated heterocycles. The molecule has 0 saturated carbocycles. The molecule has 8 heteroatoms. The van der Waals surface area contributed by atoms with E-state index in [4.69, 9.17) is 4.74 Å². The lowest BCUT2D eigenvalue weighted by molar-refractivity contribution is -0.146. The molecule has 0 aromatic heterocycles. The van der Waals surface area contributed by atoms with Gasteiger partial charge in [-0.2, -0.15) is 13.2 Å². The van der Waals surface area contributed by atoms with Gasteiger partial charge in [0.2, 0.25) is 0 Å². The molecule has 2 rings (SSSR count). The van der Waals surface area contributed by atoms with Crippen molar-refractivity contribution in [2.24, 2.45) is 0 Å². The lowest BCUT2D eigenvalue weighted by atomic mass is 9.89. The molecule has 1 aliphatic rings. The SMILES string of the molecule is O=C(O)C1(Nc2cc(Br)ccc2C(F)(F)F)CCOCC1. The Bertz CT molecular complexity index is 542.